The quantitative estimate of drug-likeness (QED) is 0.877. The monoisotopic (exact) mass is 281 g/mol. The Hall–Kier alpha value is -2.84. The van der Waals surface area contributed by atoms with Crippen LogP contribution in [0.25, 0.3) is 0 Å². The second-order valence-corrected chi connectivity index (χ2v) is 4.38. The molecule has 1 amide bonds. The molecule has 0 bridgehead atoms. The molecule has 0 aromatic heterocycles. The minimum absolute atomic E-state index is 0.0893. The number of nitriles is 1. The van der Waals surface area contributed by atoms with E-state index in [2.05, 4.69) is 5.32 Å². The van der Waals surface area contributed by atoms with Crippen molar-refractivity contribution in [3.63, 3.8) is 0 Å². The molecule has 0 unspecified atom stereocenters. The summed E-state index contributed by atoms with van der Waals surface area (Å²) in [5, 5.41) is 11.4. The zero-order valence-corrected chi connectivity index (χ0v) is 11.4. The van der Waals surface area contributed by atoms with Gasteiger partial charge in [-0.05, 0) is 42.0 Å². The first-order valence-corrected chi connectivity index (χ1v) is 6.43. The van der Waals surface area contributed by atoms with E-state index in [1.54, 1.807) is 36.4 Å². The fourth-order valence-corrected chi connectivity index (χ4v) is 1.74. The van der Waals surface area contributed by atoms with Crippen molar-refractivity contribution in [3.8, 4) is 11.8 Å². The topological polar surface area (TPSA) is 88.1 Å². The second kappa shape index (κ2) is 7.08. The number of benzene rings is 2. The normalized spacial score (nSPS) is 9.71. The van der Waals surface area contributed by atoms with Crippen LogP contribution >= 0.6 is 0 Å². The lowest BCUT2D eigenvalue weighted by atomic mass is 10.2. The number of ether oxygens (including phenoxy) is 1. The predicted molar refractivity (Wildman–Crippen MR) is 79.6 cm³/mol. The summed E-state index contributed by atoms with van der Waals surface area (Å²) in [5.41, 5.74) is 7.65. The van der Waals surface area contributed by atoms with Gasteiger partial charge in [0, 0.05) is 12.2 Å². The van der Waals surface area contributed by atoms with Crippen LogP contribution in [0.2, 0.25) is 0 Å². The largest absolute Gasteiger partial charge is 0.484 e. The molecule has 0 radical (unpaired) electrons. The molecule has 106 valence electrons. The average Bonchev–Trinajstić information content (AvgIpc) is 2.54. The van der Waals surface area contributed by atoms with Crippen molar-refractivity contribution < 1.29 is 9.53 Å². The number of nitrogens with two attached hydrogens (primary N) is 1. The Morgan fingerprint density at radius 3 is 2.67 bits per heavy atom. The number of amides is 1. The molecule has 2 rings (SSSR count). The van der Waals surface area contributed by atoms with E-state index in [-0.39, 0.29) is 12.5 Å². The van der Waals surface area contributed by atoms with E-state index < -0.39 is 0 Å². The summed E-state index contributed by atoms with van der Waals surface area (Å²) < 4.78 is 5.41. The highest BCUT2D eigenvalue weighted by Gasteiger charge is 2.04. The summed E-state index contributed by atoms with van der Waals surface area (Å²) in [5.74, 6) is 0.339. The van der Waals surface area contributed by atoms with Gasteiger partial charge in [-0.1, -0.05) is 12.1 Å². The Labute approximate surface area is 123 Å². The highest BCUT2D eigenvalue weighted by atomic mass is 16.5. The van der Waals surface area contributed by atoms with Crippen molar-refractivity contribution in [1.82, 2.24) is 0 Å². The van der Waals surface area contributed by atoms with Crippen LogP contribution in [0.4, 0.5) is 5.69 Å². The lowest BCUT2D eigenvalue weighted by Gasteiger charge is -2.08. The van der Waals surface area contributed by atoms with Crippen LogP contribution in [-0.4, -0.2) is 12.5 Å². The Morgan fingerprint density at radius 1 is 1.24 bits per heavy atom. The summed E-state index contributed by atoms with van der Waals surface area (Å²) in [4.78, 5) is 11.8. The first-order valence-electron chi connectivity index (χ1n) is 6.43. The van der Waals surface area contributed by atoms with Crippen molar-refractivity contribution in [3.05, 3.63) is 59.7 Å². The van der Waals surface area contributed by atoms with Crippen LogP contribution < -0.4 is 15.8 Å². The molecule has 0 fully saturated rings. The van der Waals surface area contributed by atoms with E-state index >= 15 is 0 Å². The molecule has 0 heterocycles. The molecule has 3 N–H and O–H groups in total. The Balaban J connectivity index is 1.88. The second-order valence-electron chi connectivity index (χ2n) is 4.38. The van der Waals surface area contributed by atoms with Crippen molar-refractivity contribution in [2.24, 2.45) is 5.73 Å². The van der Waals surface area contributed by atoms with Crippen molar-refractivity contribution in [2.45, 2.75) is 6.54 Å². The molecule has 21 heavy (non-hydrogen) atoms. The molecule has 0 spiro atoms. The van der Waals surface area contributed by atoms with Crippen molar-refractivity contribution >= 4 is 11.6 Å². The van der Waals surface area contributed by atoms with Gasteiger partial charge < -0.3 is 15.8 Å². The standard InChI is InChI=1S/C16H15N3O2/c17-9-12-4-6-14(7-5-12)19-16(20)11-21-15-3-1-2-13(8-15)10-18/h1-8H,10-11,18H2,(H,19,20). The first kappa shape index (κ1) is 14.6. The van der Waals surface area contributed by atoms with E-state index in [1.165, 1.54) is 0 Å². The van der Waals surface area contributed by atoms with E-state index in [0.29, 0.717) is 23.5 Å². The summed E-state index contributed by atoms with van der Waals surface area (Å²) in [6.07, 6.45) is 0. The van der Waals surface area contributed by atoms with Crippen LogP contribution in [0.3, 0.4) is 0 Å². The number of rotatable bonds is 5. The zero-order valence-electron chi connectivity index (χ0n) is 11.4. The third-order valence-electron chi connectivity index (χ3n) is 2.80. The van der Waals surface area contributed by atoms with Crippen LogP contribution in [0.5, 0.6) is 5.75 Å². The number of hydrogen-bond donors (Lipinski definition) is 2. The minimum Gasteiger partial charge on any atom is -0.484 e. The number of hydrogen-bond acceptors (Lipinski definition) is 4. The van der Waals surface area contributed by atoms with Gasteiger partial charge in [-0.2, -0.15) is 5.26 Å². The first-order chi connectivity index (χ1) is 10.2. The fraction of sp³-hybridized carbons (Fsp3) is 0.125. The highest BCUT2D eigenvalue weighted by molar-refractivity contribution is 5.91. The molecule has 0 saturated carbocycles. The van der Waals surface area contributed by atoms with Gasteiger partial charge in [0.25, 0.3) is 5.91 Å². The van der Waals surface area contributed by atoms with Gasteiger partial charge in [-0.25, -0.2) is 0 Å². The van der Waals surface area contributed by atoms with Crippen LogP contribution in [0.15, 0.2) is 48.5 Å². The summed E-state index contributed by atoms with van der Waals surface area (Å²) in [7, 11) is 0. The fourth-order valence-electron chi connectivity index (χ4n) is 1.74. The number of nitrogens with one attached hydrogen (secondary N) is 1. The number of nitrogens with zero attached hydrogens (tertiary/aromatic N) is 1. The van der Waals surface area contributed by atoms with E-state index in [0.717, 1.165) is 5.56 Å². The molecule has 2 aromatic carbocycles. The molecule has 0 aliphatic heterocycles. The van der Waals surface area contributed by atoms with Gasteiger partial charge in [0.05, 0.1) is 11.6 Å². The summed E-state index contributed by atoms with van der Waals surface area (Å²) in [6, 6.07) is 15.9. The molecule has 0 aliphatic rings. The summed E-state index contributed by atoms with van der Waals surface area (Å²) >= 11 is 0. The lowest BCUT2D eigenvalue weighted by Crippen LogP contribution is -2.20. The van der Waals surface area contributed by atoms with Gasteiger partial charge >= 0.3 is 0 Å². The third-order valence-corrected chi connectivity index (χ3v) is 2.80. The Morgan fingerprint density at radius 2 is 2.00 bits per heavy atom. The predicted octanol–water partition coefficient (Wildman–Crippen LogP) is 2.03. The smallest absolute Gasteiger partial charge is 0.262 e. The van der Waals surface area contributed by atoms with Gasteiger partial charge in [-0.3, -0.25) is 4.79 Å². The number of anilines is 1. The molecule has 0 aliphatic carbocycles. The molecule has 5 nitrogen and oxygen atoms in total. The van der Waals surface area contributed by atoms with Crippen molar-refractivity contribution in [2.75, 3.05) is 11.9 Å². The van der Waals surface area contributed by atoms with Crippen molar-refractivity contribution in [1.29, 1.82) is 5.26 Å². The molecule has 5 heteroatoms. The molecular formula is C16H15N3O2. The maximum Gasteiger partial charge on any atom is 0.262 e. The maximum atomic E-state index is 11.8. The average molecular weight is 281 g/mol. The lowest BCUT2D eigenvalue weighted by molar-refractivity contribution is -0.118. The van der Waals surface area contributed by atoms with Crippen LogP contribution in [0, 0.1) is 11.3 Å². The van der Waals surface area contributed by atoms with Crippen LogP contribution in [0.1, 0.15) is 11.1 Å². The highest BCUT2D eigenvalue weighted by Crippen LogP contribution is 2.13. The van der Waals surface area contributed by atoms with E-state index in [1.807, 2.05) is 18.2 Å². The summed E-state index contributed by atoms with van der Waals surface area (Å²) in [6.45, 7) is 0.336. The number of carbonyl (C=O) groups is 1. The Kier molecular flexibility index (Phi) is 4.91. The van der Waals surface area contributed by atoms with Gasteiger partial charge in [0.15, 0.2) is 6.61 Å². The van der Waals surface area contributed by atoms with Gasteiger partial charge in [0.2, 0.25) is 0 Å². The molecular weight excluding hydrogens is 266 g/mol. The third kappa shape index (κ3) is 4.34. The molecule has 0 saturated heterocycles. The molecule has 2 aromatic rings. The maximum absolute atomic E-state index is 11.8. The molecule has 0 atom stereocenters. The van der Waals surface area contributed by atoms with Gasteiger partial charge in [0.1, 0.15) is 5.75 Å². The Bertz CT molecular complexity index is 660. The minimum atomic E-state index is -0.266. The number of carbonyl (C=O) groups excluding carboxylic acids is 1. The SMILES string of the molecule is N#Cc1ccc(NC(=O)COc2cccc(CN)c2)cc1. The van der Waals surface area contributed by atoms with E-state index in [4.69, 9.17) is 15.7 Å². The van der Waals surface area contributed by atoms with Gasteiger partial charge in [-0.15, -0.1) is 0 Å². The zero-order chi connectivity index (χ0) is 15.1. The van der Waals surface area contributed by atoms with Crippen LogP contribution in [-0.2, 0) is 11.3 Å². The van der Waals surface area contributed by atoms with E-state index in [9.17, 15) is 4.79 Å².